The van der Waals surface area contributed by atoms with Crippen LogP contribution >= 0.6 is 15.9 Å². The third kappa shape index (κ3) is 3.81. The Bertz CT molecular complexity index is 294. The van der Waals surface area contributed by atoms with Crippen molar-refractivity contribution in [3.8, 4) is 0 Å². The molecule has 0 aliphatic heterocycles. The SMILES string of the molecule is Cc1ccc(Br)cc1CCCC(C)N. The van der Waals surface area contributed by atoms with Crippen molar-refractivity contribution in [2.45, 2.75) is 39.2 Å². The molecule has 1 rings (SSSR count). The largest absolute Gasteiger partial charge is 0.328 e. The number of benzene rings is 1. The first-order valence-electron chi connectivity index (χ1n) is 5.10. The van der Waals surface area contributed by atoms with Crippen LogP contribution in [0.4, 0.5) is 0 Å². The molecule has 1 unspecified atom stereocenters. The highest BCUT2D eigenvalue weighted by Crippen LogP contribution is 2.18. The van der Waals surface area contributed by atoms with E-state index in [0.717, 1.165) is 12.8 Å². The molecule has 1 aromatic carbocycles. The summed E-state index contributed by atoms with van der Waals surface area (Å²) in [5, 5.41) is 0. The Morgan fingerprint density at radius 2 is 2.14 bits per heavy atom. The fourth-order valence-corrected chi connectivity index (χ4v) is 1.93. The van der Waals surface area contributed by atoms with Gasteiger partial charge in [0, 0.05) is 10.5 Å². The minimum Gasteiger partial charge on any atom is -0.328 e. The minimum absolute atomic E-state index is 0.322. The predicted octanol–water partition coefficient (Wildman–Crippen LogP) is 3.43. The van der Waals surface area contributed by atoms with E-state index in [1.165, 1.54) is 22.0 Å². The van der Waals surface area contributed by atoms with Crippen LogP contribution in [0.15, 0.2) is 22.7 Å². The van der Waals surface area contributed by atoms with Gasteiger partial charge in [-0.3, -0.25) is 0 Å². The Labute approximate surface area is 94.8 Å². The van der Waals surface area contributed by atoms with Crippen LogP contribution < -0.4 is 5.73 Å². The predicted molar refractivity (Wildman–Crippen MR) is 65.5 cm³/mol. The van der Waals surface area contributed by atoms with Crippen LogP contribution in [0.3, 0.4) is 0 Å². The van der Waals surface area contributed by atoms with Crippen LogP contribution in [0.2, 0.25) is 0 Å². The summed E-state index contributed by atoms with van der Waals surface area (Å²) < 4.78 is 1.17. The first-order valence-corrected chi connectivity index (χ1v) is 5.89. The van der Waals surface area contributed by atoms with Crippen molar-refractivity contribution in [1.82, 2.24) is 0 Å². The fraction of sp³-hybridized carbons (Fsp3) is 0.500. The van der Waals surface area contributed by atoms with Gasteiger partial charge in [-0.05, 0) is 56.4 Å². The van der Waals surface area contributed by atoms with Crippen molar-refractivity contribution in [3.63, 3.8) is 0 Å². The highest BCUT2D eigenvalue weighted by molar-refractivity contribution is 9.10. The van der Waals surface area contributed by atoms with Crippen molar-refractivity contribution >= 4 is 15.9 Å². The van der Waals surface area contributed by atoms with Gasteiger partial charge in [0.1, 0.15) is 0 Å². The molecule has 0 bridgehead atoms. The molecule has 0 saturated heterocycles. The average Bonchev–Trinajstić information content (AvgIpc) is 2.10. The molecule has 0 fully saturated rings. The van der Waals surface area contributed by atoms with Crippen LogP contribution in [0.1, 0.15) is 30.9 Å². The molecule has 0 spiro atoms. The van der Waals surface area contributed by atoms with Gasteiger partial charge in [-0.15, -0.1) is 0 Å². The number of halogens is 1. The molecular formula is C12H18BrN. The molecule has 2 heteroatoms. The Hall–Kier alpha value is -0.340. The second kappa shape index (κ2) is 5.52. The van der Waals surface area contributed by atoms with Gasteiger partial charge in [0.2, 0.25) is 0 Å². The van der Waals surface area contributed by atoms with Crippen LogP contribution in [0, 0.1) is 6.92 Å². The molecule has 0 aliphatic rings. The molecule has 0 amide bonds. The zero-order chi connectivity index (χ0) is 10.6. The minimum atomic E-state index is 0.322. The van der Waals surface area contributed by atoms with Gasteiger partial charge < -0.3 is 5.73 Å². The Morgan fingerprint density at radius 3 is 2.79 bits per heavy atom. The summed E-state index contributed by atoms with van der Waals surface area (Å²) in [5.41, 5.74) is 8.52. The van der Waals surface area contributed by atoms with E-state index in [1.54, 1.807) is 0 Å². The molecule has 78 valence electrons. The topological polar surface area (TPSA) is 26.0 Å². The van der Waals surface area contributed by atoms with E-state index >= 15 is 0 Å². The van der Waals surface area contributed by atoms with Gasteiger partial charge in [-0.2, -0.15) is 0 Å². The first kappa shape index (κ1) is 11.7. The molecule has 0 heterocycles. The summed E-state index contributed by atoms with van der Waals surface area (Å²) in [5.74, 6) is 0. The summed E-state index contributed by atoms with van der Waals surface area (Å²) in [7, 11) is 0. The molecule has 1 nitrogen and oxygen atoms in total. The van der Waals surface area contributed by atoms with Gasteiger partial charge in [0.05, 0.1) is 0 Å². The summed E-state index contributed by atoms with van der Waals surface area (Å²) in [6, 6.07) is 6.77. The molecule has 1 aromatic rings. The normalized spacial score (nSPS) is 12.9. The summed E-state index contributed by atoms with van der Waals surface area (Å²) >= 11 is 3.49. The molecule has 1 atom stereocenters. The maximum Gasteiger partial charge on any atom is 0.0178 e. The number of nitrogens with two attached hydrogens (primary N) is 1. The van der Waals surface area contributed by atoms with Gasteiger partial charge >= 0.3 is 0 Å². The number of hydrogen-bond acceptors (Lipinski definition) is 1. The maximum atomic E-state index is 5.72. The Morgan fingerprint density at radius 1 is 1.43 bits per heavy atom. The van der Waals surface area contributed by atoms with Crippen molar-refractivity contribution in [2.24, 2.45) is 5.73 Å². The van der Waals surface area contributed by atoms with Crippen molar-refractivity contribution < 1.29 is 0 Å². The van der Waals surface area contributed by atoms with Crippen molar-refractivity contribution in [2.75, 3.05) is 0 Å². The van der Waals surface area contributed by atoms with E-state index in [-0.39, 0.29) is 0 Å². The molecule has 0 aliphatic carbocycles. The first-order chi connectivity index (χ1) is 6.59. The summed E-state index contributed by atoms with van der Waals surface area (Å²) in [6.07, 6.45) is 3.41. The highest BCUT2D eigenvalue weighted by Gasteiger charge is 2.00. The molecule has 14 heavy (non-hydrogen) atoms. The fourth-order valence-electron chi connectivity index (χ4n) is 1.52. The van der Waals surface area contributed by atoms with E-state index in [4.69, 9.17) is 5.73 Å². The lowest BCUT2D eigenvalue weighted by Gasteiger charge is -2.07. The van der Waals surface area contributed by atoms with Gasteiger partial charge in [-0.25, -0.2) is 0 Å². The zero-order valence-corrected chi connectivity index (χ0v) is 10.5. The van der Waals surface area contributed by atoms with Crippen molar-refractivity contribution in [3.05, 3.63) is 33.8 Å². The van der Waals surface area contributed by atoms with Crippen LogP contribution in [-0.2, 0) is 6.42 Å². The number of hydrogen-bond donors (Lipinski definition) is 1. The molecule has 0 saturated carbocycles. The van der Waals surface area contributed by atoms with Crippen LogP contribution in [0.25, 0.3) is 0 Å². The Kier molecular flexibility index (Phi) is 4.63. The Balaban J connectivity index is 2.53. The van der Waals surface area contributed by atoms with Gasteiger partial charge in [0.15, 0.2) is 0 Å². The molecule has 0 radical (unpaired) electrons. The molecule has 0 aromatic heterocycles. The average molecular weight is 256 g/mol. The van der Waals surface area contributed by atoms with Crippen molar-refractivity contribution in [1.29, 1.82) is 0 Å². The second-order valence-electron chi connectivity index (χ2n) is 3.94. The number of aryl methyl sites for hydroxylation is 2. The lowest BCUT2D eigenvalue weighted by Crippen LogP contribution is -2.14. The van der Waals surface area contributed by atoms with E-state index in [0.29, 0.717) is 6.04 Å². The number of rotatable bonds is 4. The van der Waals surface area contributed by atoms with E-state index < -0.39 is 0 Å². The maximum absolute atomic E-state index is 5.72. The lowest BCUT2D eigenvalue weighted by molar-refractivity contribution is 0.623. The second-order valence-corrected chi connectivity index (χ2v) is 4.86. The molecule has 2 N–H and O–H groups in total. The third-order valence-electron chi connectivity index (χ3n) is 2.42. The van der Waals surface area contributed by atoms with E-state index in [2.05, 4.69) is 48.0 Å². The van der Waals surface area contributed by atoms with E-state index in [9.17, 15) is 0 Å². The monoisotopic (exact) mass is 255 g/mol. The van der Waals surface area contributed by atoms with Gasteiger partial charge in [0.25, 0.3) is 0 Å². The summed E-state index contributed by atoms with van der Waals surface area (Å²) in [6.45, 7) is 4.22. The standard InChI is InChI=1S/C12H18BrN/c1-9-6-7-12(13)8-11(9)5-3-4-10(2)14/h6-8,10H,3-5,14H2,1-2H3. The third-order valence-corrected chi connectivity index (χ3v) is 2.91. The van der Waals surface area contributed by atoms with E-state index in [1.807, 2.05) is 0 Å². The zero-order valence-electron chi connectivity index (χ0n) is 8.89. The molecular weight excluding hydrogens is 238 g/mol. The smallest absolute Gasteiger partial charge is 0.0178 e. The summed E-state index contributed by atoms with van der Waals surface area (Å²) in [4.78, 5) is 0. The highest BCUT2D eigenvalue weighted by atomic mass is 79.9. The van der Waals surface area contributed by atoms with Gasteiger partial charge in [-0.1, -0.05) is 22.0 Å². The van der Waals surface area contributed by atoms with Crippen LogP contribution in [-0.4, -0.2) is 6.04 Å². The quantitative estimate of drug-likeness (QED) is 0.877. The lowest BCUT2D eigenvalue weighted by atomic mass is 10.0. The van der Waals surface area contributed by atoms with Crippen LogP contribution in [0.5, 0.6) is 0 Å².